The molecule has 0 saturated carbocycles. The van der Waals surface area contributed by atoms with Crippen molar-refractivity contribution in [1.82, 2.24) is 0 Å². The number of alkyl halides is 1. The Bertz CT molecular complexity index is 454. The molecule has 0 spiro atoms. The lowest BCUT2D eigenvalue weighted by Crippen LogP contribution is -2.07. The molecule has 1 aromatic rings. The summed E-state index contributed by atoms with van der Waals surface area (Å²) in [4.78, 5) is 11.0. The number of methoxy groups -OCH3 is 1. The summed E-state index contributed by atoms with van der Waals surface area (Å²) in [5.74, 6) is -1.10. The van der Waals surface area contributed by atoms with Gasteiger partial charge in [0.2, 0.25) is 0 Å². The van der Waals surface area contributed by atoms with Gasteiger partial charge in [0, 0.05) is 11.4 Å². The first-order valence-corrected chi connectivity index (χ1v) is 5.00. The molecule has 5 heteroatoms. The van der Waals surface area contributed by atoms with E-state index < -0.39 is 11.8 Å². The van der Waals surface area contributed by atoms with Crippen LogP contribution >= 0.6 is 11.6 Å². The van der Waals surface area contributed by atoms with E-state index >= 15 is 0 Å². The zero-order chi connectivity index (χ0) is 12.1. The first-order valence-electron chi connectivity index (χ1n) is 4.46. The van der Waals surface area contributed by atoms with Crippen LogP contribution in [-0.4, -0.2) is 13.1 Å². The molecule has 0 unspecified atom stereocenters. The second kappa shape index (κ2) is 5.47. The van der Waals surface area contributed by atoms with E-state index in [4.69, 9.17) is 16.9 Å². The van der Waals surface area contributed by atoms with Crippen molar-refractivity contribution < 1.29 is 13.9 Å². The van der Waals surface area contributed by atoms with Crippen LogP contribution in [0.1, 0.15) is 16.7 Å². The number of ether oxygens (including phenoxy) is 1. The van der Waals surface area contributed by atoms with E-state index in [1.54, 1.807) is 6.07 Å². The first kappa shape index (κ1) is 12.5. The molecule has 0 aliphatic heterocycles. The summed E-state index contributed by atoms with van der Waals surface area (Å²) >= 11 is 5.60. The Hall–Kier alpha value is -1.60. The van der Waals surface area contributed by atoms with Crippen molar-refractivity contribution in [2.75, 3.05) is 7.11 Å². The van der Waals surface area contributed by atoms with Crippen LogP contribution in [0.4, 0.5) is 4.39 Å². The Kier molecular flexibility index (Phi) is 4.27. The van der Waals surface area contributed by atoms with E-state index in [1.807, 2.05) is 0 Å². The molecular weight excluding hydrogens is 233 g/mol. The summed E-state index contributed by atoms with van der Waals surface area (Å²) < 4.78 is 18.0. The zero-order valence-corrected chi connectivity index (χ0v) is 9.34. The lowest BCUT2D eigenvalue weighted by molar-refractivity contribution is -0.139. The van der Waals surface area contributed by atoms with Gasteiger partial charge in [-0.25, -0.2) is 4.39 Å². The average Bonchev–Trinajstić information content (AvgIpc) is 2.31. The third-order valence-corrected chi connectivity index (χ3v) is 2.35. The van der Waals surface area contributed by atoms with E-state index in [9.17, 15) is 9.18 Å². The number of nitrogens with zero attached hydrogens (tertiary/aromatic N) is 1. The predicted octanol–water partition coefficient (Wildman–Crippen LogP) is 2.15. The Morgan fingerprint density at radius 1 is 1.62 bits per heavy atom. The van der Waals surface area contributed by atoms with Crippen LogP contribution in [-0.2, 0) is 21.8 Å². The summed E-state index contributed by atoms with van der Waals surface area (Å²) in [6.45, 7) is 0. The van der Waals surface area contributed by atoms with Crippen LogP contribution in [0.15, 0.2) is 12.1 Å². The quantitative estimate of drug-likeness (QED) is 0.602. The minimum Gasteiger partial charge on any atom is -0.469 e. The van der Waals surface area contributed by atoms with Crippen molar-refractivity contribution in [3.63, 3.8) is 0 Å². The summed E-state index contributed by atoms with van der Waals surface area (Å²) in [5.41, 5.74) is 0.608. The Labute approximate surface area is 97.4 Å². The monoisotopic (exact) mass is 241 g/mol. The van der Waals surface area contributed by atoms with E-state index in [0.717, 1.165) is 0 Å². The molecule has 0 fully saturated rings. The number of nitriles is 1. The normalized spacial score (nSPS) is 9.62. The Balaban J connectivity index is 3.17. The van der Waals surface area contributed by atoms with Gasteiger partial charge in [-0.15, -0.1) is 11.6 Å². The van der Waals surface area contributed by atoms with E-state index in [0.29, 0.717) is 5.56 Å². The van der Waals surface area contributed by atoms with Crippen LogP contribution in [0.3, 0.4) is 0 Å². The van der Waals surface area contributed by atoms with Crippen LogP contribution in [0.5, 0.6) is 0 Å². The Morgan fingerprint density at radius 3 is 2.81 bits per heavy atom. The second-order valence-electron chi connectivity index (χ2n) is 3.11. The lowest BCUT2D eigenvalue weighted by Gasteiger charge is -2.06. The van der Waals surface area contributed by atoms with E-state index in [2.05, 4.69) is 4.74 Å². The van der Waals surface area contributed by atoms with Crippen molar-refractivity contribution in [2.45, 2.75) is 12.3 Å². The number of benzene rings is 1. The highest BCUT2D eigenvalue weighted by Crippen LogP contribution is 2.18. The molecule has 1 aromatic carbocycles. The van der Waals surface area contributed by atoms with Gasteiger partial charge < -0.3 is 4.74 Å². The van der Waals surface area contributed by atoms with Gasteiger partial charge >= 0.3 is 5.97 Å². The minimum atomic E-state index is -0.693. The van der Waals surface area contributed by atoms with Crippen LogP contribution in [0, 0.1) is 17.1 Å². The molecule has 0 aromatic heterocycles. The number of carbonyl (C=O) groups is 1. The SMILES string of the molecule is COC(=O)Cc1cc(CCl)cc(C#N)c1F. The van der Waals surface area contributed by atoms with Crippen LogP contribution in [0.2, 0.25) is 0 Å². The highest BCUT2D eigenvalue weighted by atomic mass is 35.5. The number of carbonyl (C=O) groups excluding carboxylic acids is 1. The van der Waals surface area contributed by atoms with Gasteiger partial charge in [0.1, 0.15) is 11.9 Å². The molecule has 0 saturated heterocycles. The van der Waals surface area contributed by atoms with Crippen molar-refractivity contribution >= 4 is 17.6 Å². The maximum absolute atomic E-state index is 13.6. The van der Waals surface area contributed by atoms with E-state index in [1.165, 1.54) is 19.2 Å². The Morgan fingerprint density at radius 2 is 2.31 bits per heavy atom. The smallest absolute Gasteiger partial charge is 0.310 e. The van der Waals surface area contributed by atoms with Gasteiger partial charge in [0.25, 0.3) is 0 Å². The predicted molar refractivity (Wildman–Crippen MR) is 56.4 cm³/mol. The van der Waals surface area contributed by atoms with Gasteiger partial charge in [-0.2, -0.15) is 5.26 Å². The van der Waals surface area contributed by atoms with Gasteiger partial charge in [0.05, 0.1) is 19.1 Å². The molecule has 0 amide bonds. The summed E-state index contributed by atoms with van der Waals surface area (Å²) in [6, 6.07) is 4.54. The molecule has 0 aliphatic rings. The summed E-state index contributed by atoms with van der Waals surface area (Å²) in [7, 11) is 1.22. The van der Waals surface area contributed by atoms with Crippen molar-refractivity contribution in [3.05, 3.63) is 34.6 Å². The topological polar surface area (TPSA) is 50.1 Å². The van der Waals surface area contributed by atoms with Crippen molar-refractivity contribution in [3.8, 4) is 6.07 Å². The maximum Gasteiger partial charge on any atom is 0.310 e. The van der Waals surface area contributed by atoms with Crippen molar-refractivity contribution in [2.24, 2.45) is 0 Å². The highest BCUT2D eigenvalue weighted by Gasteiger charge is 2.13. The minimum absolute atomic E-state index is 0.114. The summed E-state index contributed by atoms with van der Waals surface area (Å²) in [5, 5.41) is 8.70. The van der Waals surface area contributed by atoms with Gasteiger partial charge in [-0.1, -0.05) is 6.07 Å². The zero-order valence-electron chi connectivity index (χ0n) is 8.59. The number of esters is 1. The fourth-order valence-electron chi connectivity index (χ4n) is 1.27. The number of rotatable bonds is 3. The highest BCUT2D eigenvalue weighted by molar-refractivity contribution is 6.17. The first-order chi connectivity index (χ1) is 7.62. The third-order valence-electron chi connectivity index (χ3n) is 2.04. The van der Waals surface area contributed by atoms with Gasteiger partial charge in [-0.3, -0.25) is 4.79 Å². The molecule has 3 nitrogen and oxygen atoms in total. The largest absolute Gasteiger partial charge is 0.469 e. The van der Waals surface area contributed by atoms with Crippen LogP contribution in [0.25, 0.3) is 0 Å². The molecule has 16 heavy (non-hydrogen) atoms. The third kappa shape index (κ3) is 2.71. The van der Waals surface area contributed by atoms with Crippen LogP contribution < -0.4 is 0 Å². The van der Waals surface area contributed by atoms with Crippen molar-refractivity contribution in [1.29, 1.82) is 5.26 Å². The molecule has 0 atom stereocenters. The van der Waals surface area contributed by atoms with E-state index in [-0.39, 0.29) is 23.4 Å². The van der Waals surface area contributed by atoms with Gasteiger partial charge in [0.15, 0.2) is 0 Å². The molecule has 1 rings (SSSR count). The number of halogens is 2. The molecule has 0 heterocycles. The second-order valence-corrected chi connectivity index (χ2v) is 3.38. The number of hydrogen-bond acceptors (Lipinski definition) is 3. The summed E-state index contributed by atoms with van der Waals surface area (Å²) in [6.07, 6.45) is -0.207. The maximum atomic E-state index is 13.6. The molecule has 0 radical (unpaired) electrons. The molecule has 0 N–H and O–H groups in total. The molecule has 84 valence electrons. The standard InChI is InChI=1S/C11H9ClFNO2/c1-16-10(15)4-8-2-7(5-12)3-9(6-14)11(8)13/h2-3H,4-5H2,1H3. The fraction of sp³-hybridized carbons (Fsp3) is 0.273. The molecule has 0 bridgehead atoms. The fourth-order valence-corrected chi connectivity index (χ4v) is 1.42. The van der Waals surface area contributed by atoms with Gasteiger partial charge in [-0.05, 0) is 11.6 Å². The molecule has 0 aliphatic carbocycles. The lowest BCUT2D eigenvalue weighted by atomic mass is 10.0. The average molecular weight is 242 g/mol. The molecular formula is C11H9ClFNO2. The number of hydrogen-bond donors (Lipinski definition) is 0.